The van der Waals surface area contributed by atoms with Crippen LogP contribution < -0.4 is 14.8 Å². The number of rotatable bonds is 5. The van der Waals surface area contributed by atoms with Crippen LogP contribution in [0.25, 0.3) is 21.7 Å². The van der Waals surface area contributed by atoms with Crippen LogP contribution >= 0.6 is 0 Å². The summed E-state index contributed by atoms with van der Waals surface area (Å²) in [5.41, 5.74) is 2.71. The quantitative estimate of drug-likeness (QED) is 0.435. The number of amides is 1. The summed E-state index contributed by atoms with van der Waals surface area (Å²) in [6.45, 7) is 5.50. The third-order valence-corrected chi connectivity index (χ3v) is 6.00. The van der Waals surface area contributed by atoms with Crippen LogP contribution in [0, 0.1) is 5.92 Å². The van der Waals surface area contributed by atoms with Gasteiger partial charge in [-0.2, -0.15) is 0 Å². The first-order chi connectivity index (χ1) is 15.6. The van der Waals surface area contributed by atoms with E-state index in [0.29, 0.717) is 13.2 Å². The maximum atomic E-state index is 13.1. The second-order valence-electron chi connectivity index (χ2n) is 8.64. The molecule has 32 heavy (non-hydrogen) atoms. The van der Waals surface area contributed by atoms with Crippen molar-refractivity contribution in [3.63, 3.8) is 0 Å². The number of hydrogen-bond acceptors (Lipinski definition) is 4. The van der Waals surface area contributed by atoms with Gasteiger partial charge in [0.1, 0.15) is 5.58 Å². The van der Waals surface area contributed by atoms with Gasteiger partial charge < -0.3 is 19.2 Å². The van der Waals surface area contributed by atoms with Crippen LogP contribution in [0.4, 0.5) is 0 Å². The molecule has 0 bridgehead atoms. The van der Waals surface area contributed by atoms with Crippen molar-refractivity contribution in [3.05, 3.63) is 72.0 Å². The fourth-order valence-electron chi connectivity index (χ4n) is 4.41. The first-order valence-corrected chi connectivity index (χ1v) is 11.2. The monoisotopic (exact) mass is 429 g/mol. The highest BCUT2D eigenvalue weighted by molar-refractivity contribution is 6.08. The maximum Gasteiger partial charge on any atom is 0.225 e. The summed E-state index contributed by atoms with van der Waals surface area (Å²) in [6.07, 6.45) is 2.82. The molecule has 0 saturated carbocycles. The van der Waals surface area contributed by atoms with Crippen molar-refractivity contribution in [3.8, 4) is 11.5 Å². The number of carbonyl (C=O) groups excluding carboxylic acids is 1. The third kappa shape index (κ3) is 3.91. The molecule has 1 aliphatic rings. The number of ether oxygens (including phenoxy) is 2. The van der Waals surface area contributed by atoms with Crippen LogP contribution in [-0.2, 0) is 11.2 Å². The van der Waals surface area contributed by atoms with Crippen LogP contribution in [0.15, 0.2) is 65.3 Å². The smallest absolute Gasteiger partial charge is 0.225 e. The van der Waals surface area contributed by atoms with Gasteiger partial charge in [0.05, 0.1) is 31.9 Å². The van der Waals surface area contributed by atoms with Crippen LogP contribution in [0.5, 0.6) is 11.5 Å². The fraction of sp³-hybridized carbons (Fsp3) is 0.296. The van der Waals surface area contributed by atoms with Crippen molar-refractivity contribution in [1.82, 2.24) is 5.32 Å². The molecule has 164 valence electrons. The molecule has 0 fully saturated rings. The second-order valence-corrected chi connectivity index (χ2v) is 8.64. The van der Waals surface area contributed by atoms with E-state index in [1.807, 2.05) is 42.5 Å². The predicted octanol–water partition coefficient (Wildman–Crippen LogP) is 5.80. The summed E-state index contributed by atoms with van der Waals surface area (Å²) >= 11 is 0. The molecule has 5 rings (SSSR count). The summed E-state index contributed by atoms with van der Waals surface area (Å²) in [7, 11) is 0. The molecule has 0 saturated heterocycles. The first kappa shape index (κ1) is 20.4. The van der Waals surface area contributed by atoms with Crippen molar-refractivity contribution in [2.24, 2.45) is 5.92 Å². The molecule has 1 amide bonds. The predicted molar refractivity (Wildman–Crippen MR) is 125 cm³/mol. The first-order valence-electron chi connectivity index (χ1n) is 11.2. The van der Waals surface area contributed by atoms with E-state index >= 15 is 0 Å². The summed E-state index contributed by atoms with van der Waals surface area (Å²) in [5.74, 6) is 1.68. The van der Waals surface area contributed by atoms with Gasteiger partial charge in [0.25, 0.3) is 0 Å². The Morgan fingerprint density at radius 1 is 1.00 bits per heavy atom. The average Bonchev–Trinajstić information content (AvgIpc) is 3.05. The van der Waals surface area contributed by atoms with Crippen molar-refractivity contribution >= 4 is 27.6 Å². The van der Waals surface area contributed by atoms with Gasteiger partial charge in [-0.1, -0.05) is 50.2 Å². The Morgan fingerprint density at radius 3 is 2.66 bits per heavy atom. The molecule has 1 N–H and O–H groups in total. The molecule has 1 aliphatic heterocycles. The Labute approximate surface area is 187 Å². The van der Waals surface area contributed by atoms with Gasteiger partial charge in [0.2, 0.25) is 5.91 Å². The molecule has 1 aromatic heterocycles. The molecule has 2 heterocycles. The van der Waals surface area contributed by atoms with Crippen molar-refractivity contribution < 1.29 is 18.7 Å². The van der Waals surface area contributed by atoms with Crippen molar-refractivity contribution in [1.29, 1.82) is 0 Å². The van der Waals surface area contributed by atoms with E-state index < -0.39 is 0 Å². The third-order valence-electron chi connectivity index (χ3n) is 6.00. The molecular weight excluding hydrogens is 402 g/mol. The van der Waals surface area contributed by atoms with Crippen molar-refractivity contribution in [2.75, 3.05) is 13.2 Å². The second kappa shape index (κ2) is 8.58. The van der Waals surface area contributed by atoms with Crippen LogP contribution in [0.1, 0.15) is 37.4 Å². The number of hydrogen-bond donors (Lipinski definition) is 1. The van der Waals surface area contributed by atoms with Crippen LogP contribution in [0.2, 0.25) is 0 Å². The molecule has 0 aliphatic carbocycles. The van der Waals surface area contributed by atoms with E-state index in [1.165, 1.54) is 0 Å². The minimum absolute atomic E-state index is 0.0357. The van der Waals surface area contributed by atoms with E-state index in [1.54, 1.807) is 6.26 Å². The van der Waals surface area contributed by atoms with Crippen LogP contribution in [-0.4, -0.2) is 19.1 Å². The molecular formula is C27H27NO4. The van der Waals surface area contributed by atoms with Gasteiger partial charge in [-0.3, -0.25) is 4.79 Å². The number of fused-ring (bicyclic) bond motifs is 4. The van der Waals surface area contributed by atoms with Gasteiger partial charge in [-0.15, -0.1) is 0 Å². The lowest BCUT2D eigenvalue weighted by molar-refractivity contribution is -0.121. The minimum Gasteiger partial charge on any atom is -0.490 e. The largest absolute Gasteiger partial charge is 0.490 e. The van der Waals surface area contributed by atoms with E-state index in [-0.39, 0.29) is 24.3 Å². The summed E-state index contributed by atoms with van der Waals surface area (Å²) in [5, 5.41) is 6.47. The standard InChI is InChI=1S/C27H27NO4/c1-17(2)27(19-9-10-22-24(14-19)31-13-5-12-30-22)28-25(29)15-20-16-32-23-11-8-18-6-3-4-7-21(18)26(20)23/h3-4,6-11,14,16-17,27H,5,12-13,15H2,1-2H3,(H,28,29)/t27-/m0/s1. The van der Waals surface area contributed by atoms with Gasteiger partial charge in [0.15, 0.2) is 11.5 Å². The number of carbonyl (C=O) groups is 1. The Kier molecular flexibility index (Phi) is 5.48. The topological polar surface area (TPSA) is 60.7 Å². The van der Waals surface area contributed by atoms with E-state index in [0.717, 1.165) is 50.8 Å². The zero-order valence-electron chi connectivity index (χ0n) is 18.4. The van der Waals surface area contributed by atoms with E-state index in [4.69, 9.17) is 13.9 Å². The molecule has 0 unspecified atom stereocenters. The summed E-state index contributed by atoms with van der Waals surface area (Å²) < 4.78 is 17.4. The molecule has 5 heteroatoms. The maximum absolute atomic E-state index is 13.1. The number of benzene rings is 3. The Bertz CT molecular complexity index is 1270. The van der Waals surface area contributed by atoms with Gasteiger partial charge in [-0.25, -0.2) is 0 Å². The Hall–Kier alpha value is -3.47. The molecule has 1 atom stereocenters. The minimum atomic E-state index is -0.130. The number of furan rings is 1. The van der Waals surface area contributed by atoms with Crippen molar-refractivity contribution in [2.45, 2.75) is 32.7 Å². The molecule has 0 spiro atoms. The average molecular weight is 430 g/mol. The van der Waals surface area contributed by atoms with E-state index in [9.17, 15) is 4.79 Å². The highest BCUT2D eigenvalue weighted by atomic mass is 16.5. The van der Waals surface area contributed by atoms with Gasteiger partial charge in [0, 0.05) is 17.4 Å². The SMILES string of the molecule is CC(C)[C@H](NC(=O)Cc1coc2ccc3ccccc3c12)c1ccc2c(c1)OCCCO2. The summed E-state index contributed by atoms with van der Waals surface area (Å²) in [4.78, 5) is 13.1. The fourth-order valence-corrected chi connectivity index (χ4v) is 4.41. The Balaban J connectivity index is 1.40. The van der Waals surface area contributed by atoms with E-state index in [2.05, 4.69) is 31.3 Å². The Morgan fingerprint density at radius 2 is 1.81 bits per heavy atom. The molecule has 3 aromatic carbocycles. The van der Waals surface area contributed by atoms with Gasteiger partial charge in [-0.05, 0) is 40.5 Å². The molecule has 0 radical (unpaired) electrons. The lowest BCUT2D eigenvalue weighted by Crippen LogP contribution is -2.32. The zero-order chi connectivity index (χ0) is 22.1. The van der Waals surface area contributed by atoms with Crippen LogP contribution in [0.3, 0.4) is 0 Å². The summed E-state index contributed by atoms with van der Waals surface area (Å²) in [6, 6.07) is 18.0. The number of nitrogens with one attached hydrogen (secondary N) is 1. The van der Waals surface area contributed by atoms with Gasteiger partial charge >= 0.3 is 0 Å². The molecule has 4 aromatic rings. The highest BCUT2D eigenvalue weighted by Crippen LogP contribution is 2.34. The zero-order valence-corrected chi connectivity index (χ0v) is 18.4. The normalized spacial score (nSPS) is 14.5. The highest BCUT2D eigenvalue weighted by Gasteiger charge is 2.22. The molecule has 5 nitrogen and oxygen atoms in total. The lowest BCUT2D eigenvalue weighted by Gasteiger charge is -2.24. The lowest BCUT2D eigenvalue weighted by atomic mass is 9.95.